The van der Waals surface area contributed by atoms with Gasteiger partial charge in [0.2, 0.25) is 0 Å². The van der Waals surface area contributed by atoms with Crippen LogP contribution in [0.5, 0.6) is 0 Å². The van der Waals surface area contributed by atoms with Crippen LogP contribution in [0.1, 0.15) is 33.6 Å². The van der Waals surface area contributed by atoms with Gasteiger partial charge < -0.3 is 10.3 Å². The highest BCUT2D eigenvalue weighted by atomic mass is 16.4. The maximum atomic E-state index is 10.6. The molecule has 0 spiro atoms. The molecule has 14 heavy (non-hydrogen) atoms. The van der Waals surface area contributed by atoms with Crippen molar-refractivity contribution in [3.63, 3.8) is 0 Å². The third kappa shape index (κ3) is 1.74. The first-order valence-corrected chi connectivity index (χ1v) is 4.82. The van der Waals surface area contributed by atoms with E-state index in [4.69, 9.17) is 10.3 Å². The number of rotatable bonds is 2. The van der Waals surface area contributed by atoms with E-state index in [0.29, 0.717) is 6.42 Å². The van der Waals surface area contributed by atoms with Crippen LogP contribution in [0.4, 0.5) is 0 Å². The third-order valence-electron chi connectivity index (χ3n) is 3.67. The van der Waals surface area contributed by atoms with Crippen molar-refractivity contribution in [3.8, 4) is 0 Å². The molecule has 2 atom stereocenters. The average Bonchev–Trinajstić information content (AvgIpc) is 2.28. The van der Waals surface area contributed by atoms with Crippen molar-refractivity contribution in [2.75, 3.05) is 0 Å². The SMILES string of the molecule is CC1/C(=N\O)C[C@H](CC(=O)O)C1(C)C. The maximum absolute atomic E-state index is 10.6. The zero-order valence-electron chi connectivity index (χ0n) is 8.82. The minimum Gasteiger partial charge on any atom is -0.481 e. The summed E-state index contributed by atoms with van der Waals surface area (Å²) >= 11 is 0. The van der Waals surface area contributed by atoms with Crippen LogP contribution in [0.2, 0.25) is 0 Å². The normalized spacial score (nSPS) is 33.5. The van der Waals surface area contributed by atoms with Crippen LogP contribution in [-0.2, 0) is 4.79 Å². The first-order chi connectivity index (χ1) is 6.39. The summed E-state index contributed by atoms with van der Waals surface area (Å²) in [6.45, 7) is 6.05. The predicted octanol–water partition coefficient (Wildman–Crippen LogP) is 1.97. The van der Waals surface area contributed by atoms with Crippen LogP contribution in [0.25, 0.3) is 0 Å². The highest BCUT2D eigenvalue weighted by molar-refractivity contribution is 5.89. The molecule has 0 bridgehead atoms. The van der Waals surface area contributed by atoms with Gasteiger partial charge in [-0.05, 0) is 17.8 Å². The molecule has 0 aromatic rings. The minimum atomic E-state index is -0.783. The van der Waals surface area contributed by atoms with E-state index in [2.05, 4.69) is 5.16 Å². The van der Waals surface area contributed by atoms with Gasteiger partial charge in [0.25, 0.3) is 0 Å². The van der Waals surface area contributed by atoms with Crippen LogP contribution >= 0.6 is 0 Å². The summed E-state index contributed by atoms with van der Waals surface area (Å²) in [5.74, 6) is -0.563. The molecule has 1 unspecified atom stereocenters. The summed E-state index contributed by atoms with van der Waals surface area (Å²) in [6.07, 6.45) is 0.743. The van der Waals surface area contributed by atoms with Gasteiger partial charge in [0, 0.05) is 12.3 Å². The van der Waals surface area contributed by atoms with Gasteiger partial charge in [0.1, 0.15) is 0 Å². The van der Waals surface area contributed by atoms with Gasteiger partial charge in [-0.15, -0.1) is 0 Å². The number of oxime groups is 1. The summed E-state index contributed by atoms with van der Waals surface area (Å²) < 4.78 is 0. The van der Waals surface area contributed by atoms with Gasteiger partial charge in [0.15, 0.2) is 0 Å². The molecule has 0 aromatic carbocycles. The van der Waals surface area contributed by atoms with Crippen molar-refractivity contribution in [2.24, 2.45) is 22.4 Å². The van der Waals surface area contributed by atoms with Crippen LogP contribution in [0, 0.1) is 17.3 Å². The molecule has 1 saturated carbocycles. The fourth-order valence-corrected chi connectivity index (χ4v) is 2.15. The largest absolute Gasteiger partial charge is 0.481 e. The van der Waals surface area contributed by atoms with E-state index in [-0.39, 0.29) is 23.7 Å². The van der Waals surface area contributed by atoms with E-state index in [1.807, 2.05) is 20.8 Å². The second kappa shape index (κ2) is 3.59. The Labute approximate surface area is 83.6 Å². The highest BCUT2D eigenvalue weighted by Gasteiger charge is 2.45. The number of carboxylic acid groups (broad SMARTS) is 1. The van der Waals surface area contributed by atoms with E-state index in [1.54, 1.807) is 0 Å². The van der Waals surface area contributed by atoms with Crippen molar-refractivity contribution in [2.45, 2.75) is 33.6 Å². The molecule has 80 valence electrons. The number of carbonyl (C=O) groups is 1. The Hall–Kier alpha value is -1.06. The summed E-state index contributed by atoms with van der Waals surface area (Å²) in [6, 6.07) is 0. The first-order valence-electron chi connectivity index (χ1n) is 4.82. The molecule has 1 aliphatic rings. The zero-order chi connectivity index (χ0) is 10.9. The van der Waals surface area contributed by atoms with Gasteiger partial charge in [-0.3, -0.25) is 4.79 Å². The number of aliphatic carboxylic acids is 1. The van der Waals surface area contributed by atoms with Crippen molar-refractivity contribution in [1.82, 2.24) is 0 Å². The predicted molar refractivity (Wildman–Crippen MR) is 52.5 cm³/mol. The molecular formula is C10H17NO3. The molecule has 1 aliphatic carbocycles. The topological polar surface area (TPSA) is 69.9 Å². The van der Waals surface area contributed by atoms with Gasteiger partial charge in [-0.2, -0.15) is 0 Å². The van der Waals surface area contributed by atoms with Crippen molar-refractivity contribution in [1.29, 1.82) is 0 Å². The fraction of sp³-hybridized carbons (Fsp3) is 0.800. The number of carboxylic acids is 1. The van der Waals surface area contributed by atoms with Crippen molar-refractivity contribution in [3.05, 3.63) is 0 Å². The summed E-state index contributed by atoms with van der Waals surface area (Å²) in [5, 5.41) is 20.8. The molecule has 0 saturated heterocycles. The van der Waals surface area contributed by atoms with Crippen LogP contribution in [0.15, 0.2) is 5.16 Å². The lowest BCUT2D eigenvalue weighted by molar-refractivity contribution is -0.139. The van der Waals surface area contributed by atoms with Crippen molar-refractivity contribution < 1.29 is 15.1 Å². The van der Waals surface area contributed by atoms with E-state index >= 15 is 0 Å². The molecule has 1 rings (SSSR count). The van der Waals surface area contributed by atoms with E-state index in [9.17, 15) is 4.79 Å². The molecule has 0 heterocycles. The van der Waals surface area contributed by atoms with Gasteiger partial charge in [-0.1, -0.05) is 25.9 Å². The number of hydrogen-bond acceptors (Lipinski definition) is 3. The molecule has 0 amide bonds. The number of hydrogen-bond donors (Lipinski definition) is 2. The van der Waals surface area contributed by atoms with Crippen molar-refractivity contribution >= 4 is 11.7 Å². The van der Waals surface area contributed by atoms with Crippen LogP contribution < -0.4 is 0 Å². The Morgan fingerprint density at radius 3 is 2.57 bits per heavy atom. The highest BCUT2D eigenvalue weighted by Crippen LogP contribution is 2.47. The maximum Gasteiger partial charge on any atom is 0.303 e. The molecule has 0 radical (unpaired) electrons. The Balaban J connectivity index is 2.85. The van der Waals surface area contributed by atoms with Gasteiger partial charge in [0.05, 0.1) is 5.71 Å². The van der Waals surface area contributed by atoms with Gasteiger partial charge in [-0.25, -0.2) is 0 Å². The van der Waals surface area contributed by atoms with Crippen LogP contribution in [-0.4, -0.2) is 22.0 Å². The standard InChI is InChI=1S/C10H17NO3/c1-6-8(11-14)4-7(5-9(12)13)10(6,2)3/h6-7,14H,4-5H2,1-3H3,(H,12,13)/b11-8-/t6?,7-/m1/s1. The molecule has 0 aliphatic heterocycles. The second-order valence-electron chi connectivity index (χ2n) is 4.63. The molecule has 2 N–H and O–H groups in total. The smallest absolute Gasteiger partial charge is 0.303 e. The summed E-state index contributed by atoms with van der Waals surface area (Å²) in [5.41, 5.74) is 0.626. The second-order valence-corrected chi connectivity index (χ2v) is 4.63. The average molecular weight is 199 g/mol. The Morgan fingerprint density at radius 2 is 2.21 bits per heavy atom. The number of nitrogens with zero attached hydrogens (tertiary/aromatic N) is 1. The Bertz CT molecular complexity index is 271. The Kier molecular flexibility index (Phi) is 2.83. The lowest BCUT2D eigenvalue weighted by atomic mass is 9.75. The van der Waals surface area contributed by atoms with Gasteiger partial charge >= 0.3 is 5.97 Å². The molecular weight excluding hydrogens is 182 g/mol. The molecule has 0 aromatic heterocycles. The minimum absolute atomic E-state index is 0.0703. The van der Waals surface area contributed by atoms with Crippen LogP contribution in [0.3, 0.4) is 0 Å². The molecule has 4 heteroatoms. The summed E-state index contributed by atoms with van der Waals surface area (Å²) in [4.78, 5) is 10.6. The van der Waals surface area contributed by atoms with E-state index < -0.39 is 5.97 Å². The lowest BCUT2D eigenvalue weighted by Crippen LogP contribution is -2.26. The zero-order valence-corrected chi connectivity index (χ0v) is 8.82. The van der Waals surface area contributed by atoms with E-state index in [1.165, 1.54) is 0 Å². The lowest BCUT2D eigenvalue weighted by Gasteiger charge is -2.29. The monoisotopic (exact) mass is 199 g/mol. The third-order valence-corrected chi connectivity index (χ3v) is 3.67. The first kappa shape index (κ1) is 11.0. The summed E-state index contributed by atoms with van der Waals surface area (Å²) in [7, 11) is 0. The fourth-order valence-electron chi connectivity index (χ4n) is 2.15. The Morgan fingerprint density at radius 1 is 1.64 bits per heavy atom. The quantitative estimate of drug-likeness (QED) is 0.527. The molecule has 1 fully saturated rings. The molecule has 4 nitrogen and oxygen atoms in total. The van der Waals surface area contributed by atoms with E-state index in [0.717, 1.165) is 5.71 Å².